The lowest BCUT2D eigenvalue weighted by molar-refractivity contribution is 0.569. The van der Waals surface area contributed by atoms with Gasteiger partial charge in [0.1, 0.15) is 0 Å². The molecule has 0 aliphatic heterocycles. The summed E-state index contributed by atoms with van der Waals surface area (Å²) in [4.78, 5) is 2.60. The maximum absolute atomic E-state index is 2.60. The summed E-state index contributed by atoms with van der Waals surface area (Å²) in [6.07, 6.45) is 0. The average molecular weight is 752 g/mol. The molecule has 57 heavy (non-hydrogen) atoms. The predicted octanol–water partition coefficient (Wildman–Crippen LogP) is 15.6. The van der Waals surface area contributed by atoms with Gasteiger partial charge >= 0.3 is 0 Å². The second-order valence-electron chi connectivity index (χ2n) is 18.1. The van der Waals surface area contributed by atoms with Gasteiger partial charge in [-0.2, -0.15) is 0 Å². The van der Waals surface area contributed by atoms with Gasteiger partial charge in [0, 0.05) is 26.8 Å². The highest BCUT2D eigenvalue weighted by molar-refractivity contribution is 7.26. The lowest BCUT2D eigenvalue weighted by Crippen LogP contribution is -2.26. The van der Waals surface area contributed by atoms with Gasteiger partial charge in [0.2, 0.25) is 0 Å². The second-order valence-corrected chi connectivity index (χ2v) is 19.2. The van der Waals surface area contributed by atoms with Crippen LogP contribution in [0.1, 0.15) is 74.9 Å². The van der Waals surface area contributed by atoms with Crippen LogP contribution >= 0.6 is 11.3 Å². The molecule has 8 aromatic carbocycles. The molecule has 0 saturated carbocycles. The van der Waals surface area contributed by atoms with Gasteiger partial charge in [-0.3, -0.25) is 0 Å². The molecular weight excluding hydrogens is 707 g/mol. The van der Waals surface area contributed by atoms with Crippen LogP contribution in [-0.2, 0) is 16.2 Å². The van der Waals surface area contributed by atoms with Crippen LogP contribution in [0, 0.1) is 0 Å². The topological polar surface area (TPSA) is 3.24 Å². The lowest BCUT2D eigenvalue weighted by atomic mass is 9.70. The third-order valence-corrected chi connectivity index (χ3v) is 13.9. The van der Waals surface area contributed by atoms with E-state index in [4.69, 9.17) is 0 Å². The zero-order valence-electron chi connectivity index (χ0n) is 33.4. The smallest absolute Gasteiger partial charge is 0.0726 e. The van der Waals surface area contributed by atoms with E-state index in [9.17, 15) is 0 Å². The Bertz CT molecular complexity index is 3010. The molecule has 0 amide bonds. The molecule has 1 heterocycles. The van der Waals surface area contributed by atoms with Crippen LogP contribution in [0.2, 0.25) is 0 Å². The number of nitrogens with zero attached hydrogens (tertiary/aromatic N) is 1. The first-order valence-corrected chi connectivity index (χ1v) is 21.1. The average Bonchev–Trinajstić information content (AvgIpc) is 3.85. The van der Waals surface area contributed by atoms with Crippen molar-refractivity contribution in [1.82, 2.24) is 0 Å². The maximum Gasteiger partial charge on any atom is 0.0726 e. The van der Waals surface area contributed by atoms with Crippen LogP contribution < -0.4 is 4.90 Å². The molecule has 0 atom stereocenters. The number of hydrogen-bond acceptors (Lipinski definition) is 2. The quantitative estimate of drug-likeness (QED) is 0.174. The molecule has 1 aromatic heterocycles. The van der Waals surface area contributed by atoms with E-state index in [-0.39, 0.29) is 10.8 Å². The van der Waals surface area contributed by atoms with Gasteiger partial charge in [0.15, 0.2) is 0 Å². The fraction of sp³-hybridized carbons (Fsp3) is 0.164. The minimum atomic E-state index is -0.430. The van der Waals surface area contributed by atoms with E-state index in [1.165, 1.54) is 104 Å². The molecule has 0 N–H and O–H groups in total. The molecule has 2 heteroatoms. The second kappa shape index (κ2) is 12.0. The number of anilines is 3. The van der Waals surface area contributed by atoms with Crippen LogP contribution in [0.4, 0.5) is 17.1 Å². The maximum atomic E-state index is 2.60. The fourth-order valence-electron chi connectivity index (χ4n) is 9.98. The summed E-state index contributed by atoms with van der Waals surface area (Å²) in [7, 11) is 0. The van der Waals surface area contributed by atoms with Crippen molar-refractivity contribution >= 4 is 59.3 Å². The van der Waals surface area contributed by atoms with Gasteiger partial charge in [-0.05, 0) is 114 Å². The van der Waals surface area contributed by atoms with Crippen molar-refractivity contribution in [3.63, 3.8) is 0 Å². The molecule has 2 aliphatic rings. The monoisotopic (exact) mass is 751 g/mol. The number of fused-ring (bicyclic) bond motifs is 15. The zero-order chi connectivity index (χ0) is 38.8. The summed E-state index contributed by atoms with van der Waals surface area (Å²) in [5, 5.41) is 5.20. The van der Waals surface area contributed by atoms with Crippen molar-refractivity contribution in [3.8, 4) is 22.3 Å². The first-order valence-electron chi connectivity index (χ1n) is 20.3. The molecule has 1 spiro atoms. The SMILES string of the molecule is CC(C)(C)c1cc(N(c2ccc3c(c2)C2(c4ccccc4-c4ccccc42)c2ccccc2-3)c2cc3ccccc3c3c2sc2ccccc23)cc(C(C)(C)C)c1. The Morgan fingerprint density at radius 3 is 1.54 bits per heavy atom. The molecule has 276 valence electrons. The van der Waals surface area contributed by atoms with E-state index >= 15 is 0 Å². The molecule has 0 saturated heterocycles. The van der Waals surface area contributed by atoms with E-state index in [0.29, 0.717) is 0 Å². The van der Waals surface area contributed by atoms with Gasteiger partial charge in [0.25, 0.3) is 0 Å². The van der Waals surface area contributed by atoms with Gasteiger partial charge < -0.3 is 4.90 Å². The van der Waals surface area contributed by atoms with Crippen LogP contribution in [-0.4, -0.2) is 0 Å². The Labute approximate surface area is 339 Å². The zero-order valence-corrected chi connectivity index (χ0v) is 34.3. The van der Waals surface area contributed by atoms with Gasteiger partial charge in [-0.1, -0.05) is 169 Å². The number of rotatable bonds is 3. The van der Waals surface area contributed by atoms with Crippen LogP contribution in [0.3, 0.4) is 0 Å². The summed E-state index contributed by atoms with van der Waals surface area (Å²) < 4.78 is 2.62. The van der Waals surface area contributed by atoms with Crippen molar-refractivity contribution in [2.24, 2.45) is 0 Å². The van der Waals surface area contributed by atoms with E-state index in [0.717, 1.165) is 0 Å². The van der Waals surface area contributed by atoms with Crippen molar-refractivity contribution in [3.05, 3.63) is 197 Å². The summed E-state index contributed by atoms with van der Waals surface area (Å²) in [5.41, 5.74) is 16.5. The Morgan fingerprint density at radius 2 is 0.947 bits per heavy atom. The van der Waals surface area contributed by atoms with Crippen LogP contribution in [0.15, 0.2) is 164 Å². The van der Waals surface area contributed by atoms with Gasteiger partial charge in [0.05, 0.1) is 15.8 Å². The van der Waals surface area contributed by atoms with Crippen LogP contribution in [0.5, 0.6) is 0 Å². The normalized spacial score (nSPS) is 13.9. The van der Waals surface area contributed by atoms with Gasteiger partial charge in [-0.15, -0.1) is 11.3 Å². The molecule has 11 rings (SSSR count). The Kier molecular flexibility index (Phi) is 7.24. The Hall–Kier alpha value is -5.96. The minimum absolute atomic E-state index is 0.0428. The molecule has 0 radical (unpaired) electrons. The van der Waals surface area contributed by atoms with Crippen molar-refractivity contribution < 1.29 is 0 Å². The molecule has 0 bridgehead atoms. The highest BCUT2D eigenvalue weighted by atomic mass is 32.1. The standard InChI is InChI=1S/C55H45NS/c1-53(2,3)35-30-36(54(4,5)6)32-38(31-35)56(49-29-34-17-7-8-18-39(34)51-44-22-12-16-26-50(44)57-52(49)51)37-27-28-43-42-21-11-15-25-47(42)55(48(43)33-37)45-23-13-9-19-40(45)41-20-10-14-24-46(41)55/h7-33H,1-6H3. The van der Waals surface area contributed by atoms with Crippen molar-refractivity contribution in [2.75, 3.05) is 4.90 Å². The lowest BCUT2D eigenvalue weighted by Gasteiger charge is -2.34. The summed E-state index contributed by atoms with van der Waals surface area (Å²) in [6, 6.07) is 62.4. The Balaban J connectivity index is 1.27. The molecule has 2 aliphatic carbocycles. The van der Waals surface area contributed by atoms with Gasteiger partial charge in [-0.25, -0.2) is 0 Å². The first-order chi connectivity index (χ1) is 27.5. The largest absolute Gasteiger partial charge is 0.309 e. The van der Waals surface area contributed by atoms with Crippen LogP contribution in [0.25, 0.3) is 53.2 Å². The first kappa shape index (κ1) is 34.3. The third kappa shape index (κ3) is 4.87. The molecular formula is C55H45NS. The molecule has 0 unspecified atom stereocenters. The van der Waals surface area contributed by atoms with Crippen molar-refractivity contribution in [1.29, 1.82) is 0 Å². The molecule has 0 fully saturated rings. The van der Waals surface area contributed by atoms with Crippen molar-refractivity contribution in [2.45, 2.75) is 57.8 Å². The minimum Gasteiger partial charge on any atom is -0.309 e. The predicted molar refractivity (Wildman–Crippen MR) is 245 cm³/mol. The fourth-order valence-corrected chi connectivity index (χ4v) is 11.2. The summed E-state index contributed by atoms with van der Waals surface area (Å²) in [5.74, 6) is 0. The summed E-state index contributed by atoms with van der Waals surface area (Å²) >= 11 is 1.91. The summed E-state index contributed by atoms with van der Waals surface area (Å²) in [6.45, 7) is 14.1. The third-order valence-electron chi connectivity index (χ3n) is 12.7. The van der Waals surface area contributed by atoms with E-state index in [1.54, 1.807) is 0 Å². The molecule has 1 nitrogen and oxygen atoms in total. The number of hydrogen-bond donors (Lipinski definition) is 0. The Morgan fingerprint density at radius 1 is 0.439 bits per heavy atom. The van der Waals surface area contributed by atoms with E-state index in [1.807, 2.05) is 11.3 Å². The highest BCUT2D eigenvalue weighted by Crippen LogP contribution is 2.63. The number of thiophene rings is 1. The van der Waals surface area contributed by atoms with E-state index < -0.39 is 5.41 Å². The highest BCUT2D eigenvalue weighted by Gasteiger charge is 2.51. The van der Waals surface area contributed by atoms with E-state index in [2.05, 4.69) is 210 Å². The number of benzene rings is 8. The molecule has 9 aromatic rings.